The molecule has 0 radical (unpaired) electrons. The second-order valence-corrected chi connectivity index (χ2v) is 3.80. The van der Waals surface area contributed by atoms with Crippen LogP contribution in [0.1, 0.15) is 24.8 Å². The van der Waals surface area contributed by atoms with E-state index in [9.17, 15) is 8.78 Å². The first kappa shape index (κ1) is 9.91. The van der Waals surface area contributed by atoms with Gasteiger partial charge in [-0.1, -0.05) is 0 Å². The number of benzene rings is 1. The Morgan fingerprint density at radius 1 is 1.33 bits per heavy atom. The molecule has 0 bridgehead atoms. The van der Waals surface area contributed by atoms with E-state index >= 15 is 0 Å². The summed E-state index contributed by atoms with van der Waals surface area (Å²) in [5, 5.41) is 18.1. The van der Waals surface area contributed by atoms with E-state index in [1.807, 2.05) is 6.07 Å². The first-order chi connectivity index (χ1) is 7.10. The van der Waals surface area contributed by atoms with Crippen LogP contribution in [0.5, 0.6) is 5.75 Å². The van der Waals surface area contributed by atoms with E-state index in [1.165, 1.54) is 0 Å². The molecular formula is C11H9F2NO. The number of phenolic OH excluding ortho intramolecular Hbond substituents is 1. The van der Waals surface area contributed by atoms with Crippen molar-refractivity contribution in [3.63, 3.8) is 0 Å². The third kappa shape index (κ3) is 1.27. The summed E-state index contributed by atoms with van der Waals surface area (Å²) in [6.45, 7) is 0. The second kappa shape index (κ2) is 3.20. The van der Waals surface area contributed by atoms with Crippen LogP contribution in [0.3, 0.4) is 0 Å². The van der Waals surface area contributed by atoms with Gasteiger partial charge in [0.1, 0.15) is 5.82 Å². The molecule has 4 heteroatoms. The minimum absolute atomic E-state index is 0.281. The van der Waals surface area contributed by atoms with Gasteiger partial charge >= 0.3 is 0 Å². The van der Waals surface area contributed by atoms with Crippen LogP contribution in [0, 0.1) is 23.0 Å². The Morgan fingerprint density at radius 2 is 2.00 bits per heavy atom. The van der Waals surface area contributed by atoms with Gasteiger partial charge in [0.25, 0.3) is 0 Å². The van der Waals surface area contributed by atoms with Gasteiger partial charge in [-0.15, -0.1) is 0 Å². The molecule has 1 N–H and O–H groups in total. The maximum Gasteiger partial charge on any atom is 0.172 e. The first-order valence-electron chi connectivity index (χ1n) is 4.69. The zero-order chi connectivity index (χ0) is 11.1. The molecule has 0 atom stereocenters. The summed E-state index contributed by atoms with van der Waals surface area (Å²) in [7, 11) is 0. The Labute approximate surface area is 85.8 Å². The molecule has 0 unspecified atom stereocenters. The molecule has 78 valence electrons. The molecule has 0 amide bonds. The smallest absolute Gasteiger partial charge is 0.172 e. The van der Waals surface area contributed by atoms with Gasteiger partial charge in [0.05, 0.1) is 11.5 Å². The van der Waals surface area contributed by atoms with Crippen molar-refractivity contribution in [1.29, 1.82) is 5.26 Å². The van der Waals surface area contributed by atoms with Gasteiger partial charge < -0.3 is 5.11 Å². The molecule has 1 saturated carbocycles. The van der Waals surface area contributed by atoms with Crippen molar-refractivity contribution in [2.24, 2.45) is 0 Å². The molecule has 0 aliphatic heterocycles. The van der Waals surface area contributed by atoms with Gasteiger partial charge in [0.15, 0.2) is 11.6 Å². The topological polar surface area (TPSA) is 44.0 Å². The fraction of sp³-hybridized carbons (Fsp3) is 0.364. The third-order valence-corrected chi connectivity index (χ3v) is 2.97. The lowest BCUT2D eigenvalue weighted by Gasteiger charge is -2.35. The molecular weight excluding hydrogens is 200 g/mol. The summed E-state index contributed by atoms with van der Waals surface area (Å²) >= 11 is 0. The van der Waals surface area contributed by atoms with Crippen molar-refractivity contribution in [1.82, 2.24) is 0 Å². The Bertz CT molecular complexity index is 447. The fourth-order valence-electron chi connectivity index (χ4n) is 1.93. The second-order valence-electron chi connectivity index (χ2n) is 3.80. The lowest BCUT2D eigenvalue weighted by Crippen LogP contribution is -2.34. The SMILES string of the molecule is N#CC1(c2c(F)ccc(O)c2F)CCC1. The van der Waals surface area contributed by atoms with E-state index in [4.69, 9.17) is 10.4 Å². The van der Waals surface area contributed by atoms with Gasteiger partial charge in [-0.3, -0.25) is 0 Å². The van der Waals surface area contributed by atoms with Crippen LogP contribution in [0.2, 0.25) is 0 Å². The van der Waals surface area contributed by atoms with E-state index in [2.05, 4.69) is 0 Å². The Hall–Kier alpha value is -1.63. The van der Waals surface area contributed by atoms with Gasteiger partial charge in [-0.05, 0) is 31.4 Å². The average Bonchev–Trinajstić information content (AvgIpc) is 2.16. The van der Waals surface area contributed by atoms with Crippen LogP contribution in [0.25, 0.3) is 0 Å². The number of halogens is 2. The minimum Gasteiger partial charge on any atom is -0.505 e. The van der Waals surface area contributed by atoms with E-state index < -0.39 is 22.8 Å². The highest BCUT2D eigenvalue weighted by molar-refractivity contribution is 5.42. The van der Waals surface area contributed by atoms with Crippen LogP contribution < -0.4 is 0 Å². The number of aromatic hydroxyl groups is 1. The van der Waals surface area contributed by atoms with E-state index in [-0.39, 0.29) is 5.56 Å². The van der Waals surface area contributed by atoms with Crippen LogP contribution in [-0.2, 0) is 5.41 Å². The molecule has 1 fully saturated rings. The molecule has 2 nitrogen and oxygen atoms in total. The summed E-state index contributed by atoms with van der Waals surface area (Å²) in [6.07, 6.45) is 1.67. The zero-order valence-corrected chi connectivity index (χ0v) is 7.93. The lowest BCUT2D eigenvalue weighted by atomic mass is 9.65. The van der Waals surface area contributed by atoms with Crippen LogP contribution in [0.4, 0.5) is 8.78 Å². The number of rotatable bonds is 1. The van der Waals surface area contributed by atoms with Crippen molar-refractivity contribution < 1.29 is 13.9 Å². The Balaban J connectivity index is 2.62. The normalized spacial score (nSPS) is 17.9. The number of nitriles is 1. The molecule has 1 aliphatic rings. The molecule has 15 heavy (non-hydrogen) atoms. The van der Waals surface area contributed by atoms with Gasteiger partial charge in [0, 0.05) is 5.56 Å². The highest BCUT2D eigenvalue weighted by Gasteiger charge is 2.43. The summed E-state index contributed by atoms with van der Waals surface area (Å²) < 4.78 is 27.0. The average molecular weight is 209 g/mol. The van der Waals surface area contributed by atoms with Gasteiger partial charge in [-0.2, -0.15) is 5.26 Å². The highest BCUT2D eigenvalue weighted by atomic mass is 19.1. The van der Waals surface area contributed by atoms with Crippen molar-refractivity contribution >= 4 is 0 Å². The van der Waals surface area contributed by atoms with Crippen molar-refractivity contribution in [2.45, 2.75) is 24.7 Å². The van der Waals surface area contributed by atoms with Crippen LogP contribution >= 0.6 is 0 Å². The molecule has 0 aromatic heterocycles. The summed E-state index contributed by atoms with van der Waals surface area (Å²) in [4.78, 5) is 0. The maximum absolute atomic E-state index is 13.5. The summed E-state index contributed by atoms with van der Waals surface area (Å²) in [6, 6.07) is 3.90. The van der Waals surface area contributed by atoms with E-state index in [1.54, 1.807) is 0 Å². The quantitative estimate of drug-likeness (QED) is 0.772. The molecule has 0 heterocycles. The van der Waals surface area contributed by atoms with E-state index in [0.29, 0.717) is 12.8 Å². The highest BCUT2D eigenvalue weighted by Crippen LogP contribution is 2.46. The van der Waals surface area contributed by atoms with Crippen molar-refractivity contribution in [2.75, 3.05) is 0 Å². The van der Waals surface area contributed by atoms with Gasteiger partial charge in [0.2, 0.25) is 0 Å². The number of hydrogen-bond acceptors (Lipinski definition) is 2. The lowest BCUT2D eigenvalue weighted by molar-refractivity contribution is 0.295. The summed E-state index contributed by atoms with van der Waals surface area (Å²) in [5.41, 5.74) is -1.36. The molecule has 1 aromatic rings. The molecule has 0 spiro atoms. The van der Waals surface area contributed by atoms with E-state index in [0.717, 1.165) is 18.6 Å². The van der Waals surface area contributed by atoms with Crippen LogP contribution in [-0.4, -0.2) is 5.11 Å². The largest absolute Gasteiger partial charge is 0.505 e. The fourth-order valence-corrected chi connectivity index (χ4v) is 1.93. The third-order valence-electron chi connectivity index (χ3n) is 2.97. The molecule has 1 aliphatic carbocycles. The maximum atomic E-state index is 13.5. The summed E-state index contributed by atoms with van der Waals surface area (Å²) in [5.74, 6) is -2.37. The standard InChI is InChI=1S/C11H9F2NO/c12-7-2-3-8(15)10(13)9(7)11(6-14)4-1-5-11/h2-3,15H,1,4-5H2. The van der Waals surface area contributed by atoms with Crippen molar-refractivity contribution in [3.05, 3.63) is 29.3 Å². The number of nitrogens with zero attached hydrogens (tertiary/aromatic N) is 1. The predicted octanol–water partition coefficient (Wildman–Crippen LogP) is 2.62. The zero-order valence-electron chi connectivity index (χ0n) is 7.93. The van der Waals surface area contributed by atoms with Crippen molar-refractivity contribution in [3.8, 4) is 11.8 Å². The Morgan fingerprint density at radius 3 is 2.47 bits per heavy atom. The minimum atomic E-state index is -1.08. The number of phenols is 1. The van der Waals surface area contributed by atoms with Gasteiger partial charge in [-0.25, -0.2) is 8.78 Å². The predicted molar refractivity (Wildman–Crippen MR) is 49.2 cm³/mol. The number of hydrogen-bond donors (Lipinski definition) is 1. The van der Waals surface area contributed by atoms with Crippen LogP contribution in [0.15, 0.2) is 12.1 Å². The molecule has 2 rings (SSSR count). The Kier molecular flexibility index (Phi) is 2.11. The molecule has 0 saturated heterocycles. The first-order valence-corrected chi connectivity index (χ1v) is 4.69. The monoisotopic (exact) mass is 209 g/mol. The molecule has 1 aromatic carbocycles.